The number of hydrogen-bond acceptors (Lipinski definition) is 3. The van der Waals surface area contributed by atoms with Crippen molar-refractivity contribution in [2.24, 2.45) is 5.73 Å². The van der Waals surface area contributed by atoms with Crippen LogP contribution in [0.5, 0.6) is 0 Å². The van der Waals surface area contributed by atoms with Gasteiger partial charge in [-0.3, -0.25) is 4.79 Å². The number of thiocarbonyl (C=S) groups is 1. The van der Waals surface area contributed by atoms with Gasteiger partial charge in [0, 0.05) is 13.1 Å². The first-order valence-electron chi connectivity index (χ1n) is 6.49. The monoisotopic (exact) mass is 346 g/mol. The van der Waals surface area contributed by atoms with Crippen molar-refractivity contribution in [2.45, 2.75) is 17.6 Å². The summed E-state index contributed by atoms with van der Waals surface area (Å²) in [5, 5.41) is 0.135. The lowest BCUT2D eigenvalue weighted by molar-refractivity contribution is 0.0714. The second-order valence-electron chi connectivity index (χ2n) is 4.95. The largest absolute Gasteiger partial charge is 0.392 e. The molecule has 1 amide bonds. The van der Waals surface area contributed by atoms with E-state index in [0.29, 0.717) is 30.9 Å². The number of carbonyl (C=O) groups excluding carboxylic acids is 1. The molecule has 1 aromatic carbocycles. The van der Waals surface area contributed by atoms with E-state index in [1.54, 1.807) is 16.7 Å². The third-order valence-corrected chi connectivity index (χ3v) is 6.12. The topological polar surface area (TPSA) is 46.3 Å². The highest BCUT2D eigenvalue weighted by atomic mass is 35.5. The number of amides is 1. The maximum Gasteiger partial charge on any atom is 0.258 e. The third kappa shape index (κ3) is 3.17. The van der Waals surface area contributed by atoms with E-state index in [1.165, 1.54) is 18.2 Å². The molecule has 0 bridgehead atoms. The Balaban J connectivity index is 2.16. The second kappa shape index (κ2) is 6.50. The Kier molecular flexibility index (Phi) is 5.11. The van der Waals surface area contributed by atoms with Gasteiger partial charge in [0.2, 0.25) is 0 Å². The number of benzene rings is 1. The lowest BCUT2D eigenvalue weighted by Crippen LogP contribution is -2.50. The number of nitrogens with zero attached hydrogens (tertiary/aromatic N) is 1. The van der Waals surface area contributed by atoms with Gasteiger partial charge in [0.1, 0.15) is 5.82 Å². The minimum absolute atomic E-state index is 0.0638. The molecule has 1 aliphatic heterocycles. The number of likely N-dealkylation sites (tertiary alicyclic amines) is 1. The van der Waals surface area contributed by atoms with Crippen molar-refractivity contribution in [3.63, 3.8) is 0 Å². The van der Waals surface area contributed by atoms with Crippen LogP contribution < -0.4 is 5.73 Å². The number of thioether (sulfide) groups is 1. The molecule has 0 radical (unpaired) electrons. The summed E-state index contributed by atoms with van der Waals surface area (Å²) in [4.78, 5) is 14.5. The number of rotatable bonds is 3. The molecule has 0 atom stereocenters. The Morgan fingerprint density at radius 2 is 2.10 bits per heavy atom. The zero-order chi connectivity index (χ0) is 15.6. The molecule has 7 heteroatoms. The van der Waals surface area contributed by atoms with Gasteiger partial charge in [-0.15, -0.1) is 0 Å². The molecule has 0 aromatic heterocycles. The van der Waals surface area contributed by atoms with Crippen LogP contribution in [0, 0.1) is 5.82 Å². The van der Waals surface area contributed by atoms with Gasteiger partial charge < -0.3 is 10.6 Å². The Morgan fingerprint density at radius 1 is 1.48 bits per heavy atom. The summed E-state index contributed by atoms with van der Waals surface area (Å²) in [5.41, 5.74) is 5.76. The maximum absolute atomic E-state index is 13.8. The van der Waals surface area contributed by atoms with E-state index in [9.17, 15) is 9.18 Å². The lowest BCUT2D eigenvalue weighted by Gasteiger charge is -2.40. The standard InChI is InChI=1S/C14H16ClFN2OS2/c1-21-14(13(17)20)5-7-18(8-6-14)12(19)11-9(15)3-2-4-10(11)16/h2-4H,5-8H2,1H3,(H2,17,20). The number of halogens is 2. The van der Waals surface area contributed by atoms with E-state index in [-0.39, 0.29) is 21.2 Å². The molecule has 3 nitrogen and oxygen atoms in total. The summed E-state index contributed by atoms with van der Waals surface area (Å²) in [6.45, 7) is 0.976. The fourth-order valence-corrected chi connectivity index (χ4v) is 3.97. The Morgan fingerprint density at radius 3 is 2.57 bits per heavy atom. The summed E-state index contributed by atoms with van der Waals surface area (Å²) in [6, 6.07) is 4.24. The van der Waals surface area contributed by atoms with Gasteiger partial charge in [0.05, 0.1) is 20.3 Å². The van der Waals surface area contributed by atoms with Gasteiger partial charge in [-0.1, -0.05) is 29.9 Å². The molecule has 1 fully saturated rings. The molecule has 0 saturated carbocycles. The van der Waals surface area contributed by atoms with Crippen LogP contribution >= 0.6 is 35.6 Å². The minimum Gasteiger partial charge on any atom is -0.392 e. The van der Waals surface area contributed by atoms with Gasteiger partial charge >= 0.3 is 0 Å². The molecule has 0 spiro atoms. The molecule has 114 valence electrons. The van der Waals surface area contributed by atoms with Crippen LogP contribution in [-0.4, -0.2) is 39.9 Å². The maximum atomic E-state index is 13.8. The highest BCUT2D eigenvalue weighted by Crippen LogP contribution is 2.35. The Bertz CT molecular complexity index is 554. The number of piperidine rings is 1. The number of nitrogens with two attached hydrogens (primary N) is 1. The minimum atomic E-state index is -0.594. The summed E-state index contributed by atoms with van der Waals surface area (Å²) in [7, 11) is 0. The zero-order valence-corrected chi connectivity index (χ0v) is 14.0. The summed E-state index contributed by atoms with van der Waals surface area (Å²) in [6.07, 6.45) is 3.30. The molecular formula is C14H16ClFN2OS2. The van der Waals surface area contributed by atoms with Crippen LogP contribution in [0.2, 0.25) is 5.02 Å². The average Bonchev–Trinajstić information content (AvgIpc) is 2.46. The summed E-state index contributed by atoms with van der Waals surface area (Å²) in [5.74, 6) is -0.973. The van der Waals surface area contributed by atoms with Crippen molar-refractivity contribution in [3.8, 4) is 0 Å². The quantitative estimate of drug-likeness (QED) is 0.854. The molecule has 2 rings (SSSR count). The smallest absolute Gasteiger partial charge is 0.258 e. The lowest BCUT2D eigenvalue weighted by atomic mass is 9.95. The van der Waals surface area contributed by atoms with Gasteiger partial charge in [0.15, 0.2) is 0 Å². The summed E-state index contributed by atoms with van der Waals surface area (Å²) >= 11 is 12.7. The highest BCUT2D eigenvalue weighted by molar-refractivity contribution is 8.02. The second-order valence-corrected chi connectivity index (χ2v) is 6.99. The van der Waals surface area contributed by atoms with E-state index < -0.39 is 5.82 Å². The normalized spacial score (nSPS) is 17.6. The first-order valence-corrected chi connectivity index (χ1v) is 8.51. The molecule has 21 heavy (non-hydrogen) atoms. The molecule has 1 heterocycles. The molecule has 1 saturated heterocycles. The molecule has 0 aliphatic carbocycles. The molecule has 0 unspecified atom stereocenters. The van der Waals surface area contributed by atoms with Gasteiger partial charge in [-0.2, -0.15) is 11.8 Å². The van der Waals surface area contributed by atoms with Crippen LogP contribution in [0.15, 0.2) is 18.2 Å². The van der Waals surface area contributed by atoms with Crippen LogP contribution in [0.1, 0.15) is 23.2 Å². The van der Waals surface area contributed by atoms with Gasteiger partial charge in [0.25, 0.3) is 5.91 Å². The van der Waals surface area contributed by atoms with Crippen molar-refractivity contribution in [2.75, 3.05) is 19.3 Å². The molecular weight excluding hydrogens is 331 g/mol. The van der Waals surface area contributed by atoms with E-state index in [4.69, 9.17) is 29.6 Å². The molecule has 2 N–H and O–H groups in total. The van der Waals surface area contributed by atoms with Crippen molar-refractivity contribution >= 4 is 46.5 Å². The van der Waals surface area contributed by atoms with E-state index in [0.717, 1.165) is 0 Å². The third-order valence-electron chi connectivity index (χ3n) is 3.87. The van der Waals surface area contributed by atoms with Crippen LogP contribution in [-0.2, 0) is 0 Å². The summed E-state index contributed by atoms with van der Waals surface area (Å²) < 4.78 is 13.6. The Hall–Kier alpha value is -0.850. The van der Waals surface area contributed by atoms with Crippen LogP contribution in [0.3, 0.4) is 0 Å². The first kappa shape index (κ1) is 16.5. The van der Waals surface area contributed by atoms with E-state index >= 15 is 0 Å². The zero-order valence-electron chi connectivity index (χ0n) is 11.6. The average molecular weight is 347 g/mol. The predicted molar refractivity (Wildman–Crippen MR) is 89.6 cm³/mol. The predicted octanol–water partition coefficient (Wildman–Crippen LogP) is 3.10. The van der Waals surface area contributed by atoms with Crippen molar-refractivity contribution in [3.05, 3.63) is 34.6 Å². The van der Waals surface area contributed by atoms with Gasteiger partial charge in [-0.05, 0) is 31.2 Å². The van der Waals surface area contributed by atoms with E-state index in [2.05, 4.69) is 0 Å². The number of hydrogen-bond donors (Lipinski definition) is 1. The van der Waals surface area contributed by atoms with Gasteiger partial charge in [-0.25, -0.2) is 4.39 Å². The Labute approximate surface area is 138 Å². The number of carbonyl (C=O) groups is 1. The first-order chi connectivity index (χ1) is 9.91. The SMILES string of the molecule is CSC1(C(N)=S)CCN(C(=O)c2c(F)cccc2Cl)CC1. The van der Waals surface area contributed by atoms with Crippen molar-refractivity contribution < 1.29 is 9.18 Å². The van der Waals surface area contributed by atoms with Crippen molar-refractivity contribution in [1.82, 2.24) is 4.90 Å². The fourth-order valence-electron chi connectivity index (χ4n) is 2.48. The molecule has 1 aromatic rings. The van der Waals surface area contributed by atoms with Crippen molar-refractivity contribution in [1.29, 1.82) is 0 Å². The van der Waals surface area contributed by atoms with E-state index in [1.807, 2.05) is 6.26 Å². The van der Waals surface area contributed by atoms with Crippen LogP contribution in [0.4, 0.5) is 4.39 Å². The highest BCUT2D eigenvalue weighted by Gasteiger charge is 2.38. The molecule has 1 aliphatic rings. The fraction of sp³-hybridized carbons (Fsp3) is 0.429. The van der Waals surface area contributed by atoms with Crippen LogP contribution in [0.25, 0.3) is 0 Å².